The van der Waals surface area contributed by atoms with Crippen molar-refractivity contribution in [1.29, 1.82) is 0 Å². The van der Waals surface area contributed by atoms with Crippen molar-refractivity contribution in [2.75, 3.05) is 11.9 Å². The molecule has 3 N–H and O–H groups in total. The highest BCUT2D eigenvalue weighted by molar-refractivity contribution is 5.52. The van der Waals surface area contributed by atoms with Crippen molar-refractivity contribution in [3.63, 3.8) is 0 Å². The average Bonchev–Trinajstić information content (AvgIpc) is 2.39. The summed E-state index contributed by atoms with van der Waals surface area (Å²) in [4.78, 5) is 8.53. The number of aromatic nitrogens is 2. The molecule has 0 atom stereocenters. The Morgan fingerprint density at radius 2 is 1.76 bits per heavy atom. The molecule has 88 valence electrons. The smallest absolute Gasteiger partial charge is 0.227 e. The normalized spacial score (nSPS) is 10.2. The summed E-state index contributed by atoms with van der Waals surface area (Å²) in [6.07, 6.45) is 5.58. The summed E-state index contributed by atoms with van der Waals surface area (Å²) in [6, 6.07) is 9.87. The molecule has 0 spiro atoms. The third kappa shape index (κ3) is 3.53. The molecule has 0 unspecified atom stereocenters. The Balaban J connectivity index is 1.98. The molecule has 0 saturated carbocycles. The Hall–Kier alpha value is -1.94. The number of nitrogens with two attached hydrogens (primary N) is 1. The van der Waals surface area contributed by atoms with E-state index >= 15 is 0 Å². The minimum absolute atomic E-state index is 0.618. The van der Waals surface area contributed by atoms with Gasteiger partial charge in [0.1, 0.15) is 0 Å². The first-order chi connectivity index (χ1) is 8.38. The summed E-state index contributed by atoms with van der Waals surface area (Å²) in [5, 5.41) is 3.14. The van der Waals surface area contributed by atoms with Gasteiger partial charge in [-0.2, -0.15) is 0 Å². The van der Waals surface area contributed by atoms with Crippen molar-refractivity contribution in [3.8, 4) is 0 Å². The van der Waals surface area contributed by atoms with Crippen LogP contribution >= 0.6 is 0 Å². The van der Waals surface area contributed by atoms with Crippen molar-refractivity contribution in [1.82, 2.24) is 9.97 Å². The molecule has 1 aromatic carbocycles. The number of aryl methyl sites for hydroxylation is 1. The molecule has 0 bridgehead atoms. The van der Waals surface area contributed by atoms with Crippen LogP contribution in [0, 0.1) is 0 Å². The predicted molar refractivity (Wildman–Crippen MR) is 69.1 cm³/mol. The molecule has 0 fully saturated rings. The van der Waals surface area contributed by atoms with E-state index in [9.17, 15) is 0 Å². The molecule has 17 heavy (non-hydrogen) atoms. The topological polar surface area (TPSA) is 63.8 Å². The molecule has 4 nitrogen and oxygen atoms in total. The van der Waals surface area contributed by atoms with Gasteiger partial charge in [0.2, 0.25) is 5.95 Å². The van der Waals surface area contributed by atoms with Crippen molar-refractivity contribution < 1.29 is 0 Å². The second-order valence-corrected chi connectivity index (χ2v) is 3.80. The molecule has 1 aromatic heterocycles. The predicted octanol–water partition coefficient (Wildman–Crippen LogP) is 2.11. The Morgan fingerprint density at radius 3 is 2.41 bits per heavy atom. The summed E-state index contributed by atoms with van der Waals surface area (Å²) in [6.45, 7) is 0.698. The second-order valence-electron chi connectivity index (χ2n) is 3.80. The monoisotopic (exact) mass is 228 g/mol. The fraction of sp³-hybridized carbons (Fsp3) is 0.231. The number of nitrogens with one attached hydrogen (secondary N) is 1. The Bertz CT molecular complexity index is 439. The molecule has 0 aliphatic heterocycles. The summed E-state index contributed by atoms with van der Waals surface area (Å²) >= 11 is 0. The number of hydrogen-bond donors (Lipinski definition) is 2. The lowest BCUT2D eigenvalue weighted by atomic mass is 10.2. The molecule has 1 heterocycles. The van der Waals surface area contributed by atoms with E-state index in [1.165, 1.54) is 0 Å². The van der Waals surface area contributed by atoms with Crippen LogP contribution in [0.4, 0.5) is 11.6 Å². The van der Waals surface area contributed by atoms with Gasteiger partial charge in [-0.25, -0.2) is 9.97 Å². The quantitative estimate of drug-likeness (QED) is 0.822. The zero-order chi connectivity index (χ0) is 11.9. The van der Waals surface area contributed by atoms with Crippen molar-refractivity contribution in [3.05, 3.63) is 48.3 Å². The number of benzene rings is 1. The van der Waals surface area contributed by atoms with Gasteiger partial charge in [0, 0.05) is 18.1 Å². The van der Waals surface area contributed by atoms with Crippen LogP contribution in [0.1, 0.15) is 12.0 Å². The summed E-state index contributed by atoms with van der Waals surface area (Å²) in [5.74, 6) is 0.618. The van der Waals surface area contributed by atoms with Crippen LogP contribution in [0.25, 0.3) is 0 Å². The Morgan fingerprint density at radius 1 is 1.06 bits per heavy atom. The molecule has 4 heteroatoms. The van der Waals surface area contributed by atoms with Crippen LogP contribution in [0.15, 0.2) is 42.7 Å². The zero-order valence-corrected chi connectivity index (χ0v) is 9.63. The fourth-order valence-electron chi connectivity index (χ4n) is 1.51. The summed E-state index contributed by atoms with van der Waals surface area (Å²) < 4.78 is 0. The third-order valence-electron chi connectivity index (χ3n) is 2.40. The molecule has 2 rings (SSSR count). The Kier molecular flexibility index (Phi) is 4.05. The van der Waals surface area contributed by atoms with E-state index in [-0.39, 0.29) is 0 Å². The van der Waals surface area contributed by atoms with Crippen molar-refractivity contribution in [2.45, 2.75) is 12.8 Å². The second kappa shape index (κ2) is 5.96. The number of anilines is 2. The van der Waals surface area contributed by atoms with Gasteiger partial charge in [-0.05, 0) is 37.1 Å². The zero-order valence-electron chi connectivity index (χ0n) is 9.63. The van der Waals surface area contributed by atoms with E-state index in [1.54, 1.807) is 0 Å². The largest absolute Gasteiger partial charge is 0.330 e. The molecule has 0 aliphatic rings. The fourth-order valence-corrected chi connectivity index (χ4v) is 1.51. The molecular weight excluding hydrogens is 212 g/mol. The highest BCUT2D eigenvalue weighted by atomic mass is 15.1. The highest BCUT2D eigenvalue weighted by Gasteiger charge is 1.98. The maximum Gasteiger partial charge on any atom is 0.227 e. The van der Waals surface area contributed by atoms with E-state index in [4.69, 9.17) is 5.73 Å². The minimum atomic E-state index is 0.618. The van der Waals surface area contributed by atoms with E-state index in [0.717, 1.165) is 24.1 Å². The lowest BCUT2D eigenvalue weighted by molar-refractivity contribution is 0.824. The van der Waals surface area contributed by atoms with Gasteiger partial charge in [-0.1, -0.05) is 18.2 Å². The van der Waals surface area contributed by atoms with Crippen molar-refractivity contribution >= 4 is 11.6 Å². The van der Waals surface area contributed by atoms with Crippen molar-refractivity contribution in [2.24, 2.45) is 5.73 Å². The van der Waals surface area contributed by atoms with Gasteiger partial charge in [0.05, 0.1) is 0 Å². The molecule has 0 radical (unpaired) electrons. The first kappa shape index (κ1) is 11.5. The van der Waals surface area contributed by atoms with Gasteiger partial charge < -0.3 is 11.1 Å². The van der Waals surface area contributed by atoms with E-state index in [0.29, 0.717) is 12.5 Å². The average molecular weight is 228 g/mol. The number of rotatable bonds is 5. The molecule has 0 saturated heterocycles. The standard InChI is InChI=1S/C13H16N4/c14-8-4-5-11-9-15-13(16-10-11)17-12-6-2-1-3-7-12/h1-3,6-7,9-10H,4-5,8,14H2,(H,15,16,17). The van der Waals surface area contributed by atoms with Crippen LogP contribution in [-0.2, 0) is 6.42 Å². The molecule has 2 aromatic rings. The number of nitrogens with zero attached hydrogens (tertiary/aromatic N) is 2. The first-order valence-corrected chi connectivity index (χ1v) is 5.71. The lowest BCUT2D eigenvalue weighted by Crippen LogP contribution is -2.02. The molecular formula is C13H16N4. The summed E-state index contributed by atoms with van der Waals surface area (Å²) in [7, 11) is 0. The van der Waals surface area contributed by atoms with Gasteiger partial charge in [-0.15, -0.1) is 0 Å². The first-order valence-electron chi connectivity index (χ1n) is 5.71. The van der Waals surface area contributed by atoms with Crippen LogP contribution in [0.2, 0.25) is 0 Å². The van der Waals surface area contributed by atoms with Gasteiger partial charge >= 0.3 is 0 Å². The van der Waals surface area contributed by atoms with Gasteiger partial charge in [0.25, 0.3) is 0 Å². The minimum Gasteiger partial charge on any atom is -0.330 e. The van der Waals surface area contributed by atoms with E-state index in [2.05, 4.69) is 15.3 Å². The van der Waals surface area contributed by atoms with E-state index < -0.39 is 0 Å². The summed E-state index contributed by atoms with van der Waals surface area (Å²) in [5.41, 5.74) is 7.56. The van der Waals surface area contributed by atoms with Crippen LogP contribution < -0.4 is 11.1 Å². The lowest BCUT2D eigenvalue weighted by Gasteiger charge is -2.04. The SMILES string of the molecule is NCCCc1cnc(Nc2ccccc2)nc1. The van der Waals surface area contributed by atoms with Gasteiger partial charge in [0.15, 0.2) is 0 Å². The van der Waals surface area contributed by atoms with Crippen LogP contribution in [-0.4, -0.2) is 16.5 Å². The molecule has 0 amide bonds. The van der Waals surface area contributed by atoms with Crippen LogP contribution in [0.3, 0.4) is 0 Å². The Labute approximate surface area is 101 Å². The maximum atomic E-state index is 5.46. The van der Waals surface area contributed by atoms with E-state index in [1.807, 2.05) is 42.7 Å². The van der Waals surface area contributed by atoms with Crippen LogP contribution in [0.5, 0.6) is 0 Å². The molecule has 0 aliphatic carbocycles. The number of hydrogen-bond acceptors (Lipinski definition) is 4. The maximum absolute atomic E-state index is 5.46. The highest BCUT2D eigenvalue weighted by Crippen LogP contribution is 2.11. The number of para-hydroxylation sites is 1. The third-order valence-corrected chi connectivity index (χ3v) is 2.40. The van der Waals surface area contributed by atoms with Gasteiger partial charge in [-0.3, -0.25) is 0 Å².